The molecule has 1 nitrogen and oxygen atoms in total. The molecule has 1 aliphatic rings. The van der Waals surface area contributed by atoms with Crippen LogP contribution in [0.25, 0.3) is 0 Å². The van der Waals surface area contributed by atoms with Crippen molar-refractivity contribution in [3.8, 4) is 0 Å². The summed E-state index contributed by atoms with van der Waals surface area (Å²) in [5, 5.41) is 0. The van der Waals surface area contributed by atoms with Crippen LogP contribution in [-0.4, -0.2) is 5.78 Å². The Morgan fingerprint density at radius 1 is 1.27 bits per heavy atom. The first-order chi connectivity index (χ1) is 6.22. The first-order valence-corrected chi connectivity index (χ1v) is 5.75. The van der Waals surface area contributed by atoms with E-state index in [0.29, 0.717) is 17.1 Å². The molecular weight excluding hydrogens is 203 g/mol. The predicted octanol–water partition coefficient (Wildman–Crippen LogP) is 4.12. The molecule has 0 heterocycles. The van der Waals surface area contributed by atoms with Gasteiger partial charge in [-0.3, -0.25) is 4.79 Å². The van der Waals surface area contributed by atoms with Crippen LogP contribution in [-0.2, 0) is 4.79 Å². The Morgan fingerprint density at radius 3 is 2.13 bits per heavy atom. The summed E-state index contributed by atoms with van der Waals surface area (Å²) in [6, 6.07) is 0. The molecule has 2 heteroatoms. The number of carbonyl (C=O) groups is 1. The van der Waals surface area contributed by atoms with Crippen molar-refractivity contribution in [1.29, 1.82) is 0 Å². The zero-order valence-electron chi connectivity index (χ0n) is 11.0. The van der Waals surface area contributed by atoms with Crippen molar-refractivity contribution in [3.63, 3.8) is 0 Å². The third-order valence-electron chi connectivity index (χ3n) is 3.23. The summed E-state index contributed by atoms with van der Waals surface area (Å²) in [4.78, 5) is 11.7. The van der Waals surface area contributed by atoms with Gasteiger partial charge in [-0.25, -0.2) is 0 Å². The van der Waals surface area contributed by atoms with E-state index in [-0.39, 0.29) is 16.7 Å². The molecular formula is C13H29OP. The van der Waals surface area contributed by atoms with Crippen molar-refractivity contribution in [3.05, 3.63) is 0 Å². The third kappa shape index (κ3) is 4.23. The van der Waals surface area contributed by atoms with Crippen molar-refractivity contribution >= 4 is 15.7 Å². The Balaban J connectivity index is 0. The maximum absolute atomic E-state index is 11.7. The Kier molecular flexibility index (Phi) is 4.99. The molecule has 15 heavy (non-hydrogen) atoms. The molecule has 1 aliphatic carbocycles. The van der Waals surface area contributed by atoms with Crippen molar-refractivity contribution < 1.29 is 6.22 Å². The SMILES string of the molecule is CC(C)(C)CC(C)(C)C1CCCC1=O.P.[HH]. The summed E-state index contributed by atoms with van der Waals surface area (Å²) in [6.07, 6.45) is 4.17. The van der Waals surface area contributed by atoms with Crippen LogP contribution in [0.15, 0.2) is 0 Å². The lowest BCUT2D eigenvalue weighted by Crippen LogP contribution is -2.31. The van der Waals surface area contributed by atoms with E-state index in [1.807, 2.05) is 0 Å². The van der Waals surface area contributed by atoms with Gasteiger partial charge in [0.15, 0.2) is 0 Å². The van der Waals surface area contributed by atoms with Crippen LogP contribution in [0.1, 0.15) is 61.7 Å². The fourth-order valence-corrected chi connectivity index (χ4v) is 3.13. The lowest BCUT2D eigenvalue weighted by Gasteiger charge is -2.36. The maximum atomic E-state index is 11.7. The normalized spacial score (nSPS) is 22.7. The van der Waals surface area contributed by atoms with E-state index in [2.05, 4.69) is 34.6 Å². The van der Waals surface area contributed by atoms with E-state index < -0.39 is 0 Å². The molecule has 0 spiro atoms. The van der Waals surface area contributed by atoms with Crippen LogP contribution in [0, 0.1) is 16.7 Å². The van der Waals surface area contributed by atoms with E-state index in [0.717, 1.165) is 25.7 Å². The Labute approximate surface area is 99.5 Å². The number of hydrogen-bond donors (Lipinski definition) is 0. The van der Waals surface area contributed by atoms with Gasteiger partial charge in [0.1, 0.15) is 5.78 Å². The summed E-state index contributed by atoms with van der Waals surface area (Å²) in [7, 11) is 0. The van der Waals surface area contributed by atoms with Crippen LogP contribution in [0.2, 0.25) is 0 Å². The van der Waals surface area contributed by atoms with Gasteiger partial charge in [-0.05, 0) is 30.1 Å². The van der Waals surface area contributed by atoms with Crippen LogP contribution in [0.5, 0.6) is 0 Å². The number of hydrogen-bond acceptors (Lipinski definition) is 1. The quantitative estimate of drug-likeness (QED) is 0.654. The lowest BCUT2D eigenvalue weighted by atomic mass is 9.68. The zero-order valence-corrected chi connectivity index (χ0v) is 12.4. The van der Waals surface area contributed by atoms with Crippen molar-refractivity contribution in [2.75, 3.05) is 0 Å². The first-order valence-electron chi connectivity index (χ1n) is 5.75. The van der Waals surface area contributed by atoms with Crippen molar-refractivity contribution in [1.82, 2.24) is 0 Å². The van der Waals surface area contributed by atoms with Gasteiger partial charge < -0.3 is 0 Å². The van der Waals surface area contributed by atoms with Crippen LogP contribution in [0.4, 0.5) is 0 Å². The molecule has 0 aromatic rings. The van der Waals surface area contributed by atoms with E-state index in [4.69, 9.17) is 0 Å². The van der Waals surface area contributed by atoms with Crippen molar-refractivity contribution in [2.45, 2.75) is 60.3 Å². The number of carbonyl (C=O) groups excluding carboxylic acids is 1. The van der Waals surface area contributed by atoms with Gasteiger partial charge in [0.05, 0.1) is 0 Å². The molecule has 2 unspecified atom stereocenters. The molecule has 0 radical (unpaired) electrons. The largest absolute Gasteiger partial charge is 0.299 e. The fourth-order valence-electron chi connectivity index (χ4n) is 3.13. The molecule has 0 N–H and O–H groups in total. The second-order valence-corrected chi connectivity index (χ2v) is 6.64. The summed E-state index contributed by atoms with van der Waals surface area (Å²) in [5.74, 6) is 0.820. The molecule has 0 amide bonds. The molecule has 0 bridgehead atoms. The Bertz CT molecular complexity index is 231. The highest BCUT2D eigenvalue weighted by Gasteiger charge is 2.39. The first kappa shape index (κ1) is 15.1. The Morgan fingerprint density at radius 2 is 1.80 bits per heavy atom. The van der Waals surface area contributed by atoms with Crippen molar-refractivity contribution in [2.24, 2.45) is 16.7 Å². The summed E-state index contributed by atoms with van der Waals surface area (Å²) in [5.41, 5.74) is 0.512. The second-order valence-electron chi connectivity index (χ2n) is 6.64. The monoisotopic (exact) mass is 232 g/mol. The standard InChI is InChI=1S/C13H24O.H3P.H2/c1-12(2,3)9-13(4,5)10-7-6-8-11(10)14;;/h10H,6-9H2,1-5H3;1H3;1H. The molecule has 0 aliphatic heterocycles. The zero-order chi connectivity index (χ0) is 11.0. The molecule has 1 saturated carbocycles. The highest BCUT2D eigenvalue weighted by atomic mass is 31.0. The average molecular weight is 232 g/mol. The molecule has 1 fully saturated rings. The summed E-state index contributed by atoms with van der Waals surface area (Å²) in [6.45, 7) is 11.3. The third-order valence-corrected chi connectivity index (χ3v) is 3.23. The molecule has 0 saturated heterocycles. The summed E-state index contributed by atoms with van der Waals surface area (Å²) >= 11 is 0. The van der Waals surface area contributed by atoms with Gasteiger partial charge in [-0.15, -0.1) is 0 Å². The van der Waals surface area contributed by atoms with Crippen LogP contribution < -0.4 is 0 Å². The average Bonchev–Trinajstić information content (AvgIpc) is 2.29. The topological polar surface area (TPSA) is 17.1 Å². The van der Waals surface area contributed by atoms with Gasteiger partial charge in [-0.2, -0.15) is 9.90 Å². The van der Waals surface area contributed by atoms with Gasteiger partial charge in [0.2, 0.25) is 0 Å². The molecule has 0 aromatic heterocycles. The summed E-state index contributed by atoms with van der Waals surface area (Å²) < 4.78 is 0. The number of rotatable bonds is 2. The lowest BCUT2D eigenvalue weighted by molar-refractivity contribution is -0.124. The highest BCUT2D eigenvalue weighted by molar-refractivity contribution is 6.92. The Hall–Kier alpha value is 0.100. The van der Waals surface area contributed by atoms with E-state index in [1.54, 1.807) is 0 Å². The second kappa shape index (κ2) is 4.95. The molecule has 92 valence electrons. The minimum absolute atomic E-state index is 0. The molecule has 2 atom stereocenters. The molecule has 0 aromatic carbocycles. The maximum Gasteiger partial charge on any atom is 0.136 e. The minimum Gasteiger partial charge on any atom is -0.299 e. The number of ketones is 1. The fraction of sp³-hybridized carbons (Fsp3) is 0.923. The smallest absolute Gasteiger partial charge is 0.136 e. The van der Waals surface area contributed by atoms with E-state index >= 15 is 0 Å². The van der Waals surface area contributed by atoms with E-state index in [1.165, 1.54) is 0 Å². The van der Waals surface area contributed by atoms with Crippen LogP contribution >= 0.6 is 9.90 Å². The van der Waals surface area contributed by atoms with Gasteiger partial charge in [0.25, 0.3) is 0 Å². The molecule has 1 rings (SSSR count). The van der Waals surface area contributed by atoms with Gasteiger partial charge in [0, 0.05) is 13.8 Å². The predicted molar refractivity (Wildman–Crippen MR) is 73.4 cm³/mol. The highest BCUT2D eigenvalue weighted by Crippen LogP contribution is 2.44. The minimum atomic E-state index is 0. The van der Waals surface area contributed by atoms with Crippen LogP contribution in [0.3, 0.4) is 0 Å². The van der Waals surface area contributed by atoms with E-state index in [9.17, 15) is 4.79 Å². The number of Topliss-reactive ketones (excluding diaryl/α,β-unsaturated/α-hetero) is 1. The van der Waals surface area contributed by atoms with Gasteiger partial charge in [-0.1, -0.05) is 34.6 Å². The van der Waals surface area contributed by atoms with Gasteiger partial charge >= 0.3 is 0 Å².